The number of nitrogens with zero attached hydrogens (tertiary/aromatic N) is 1. The van der Waals surface area contributed by atoms with Crippen LogP contribution in [0.25, 0.3) is 0 Å². The Bertz CT molecular complexity index is 1060. The van der Waals surface area contributed by atoms with Gasteiger partial charge in [-0.05, 0) is 38.5 Å². The van der Waals surface area contributed by atoms with Crippen LogP contribution in [-0.4, -0.2) is 74.9 Å². The molecule has 0 aliphatic rings. The van der Waals surface area contributed by atoms with Crippen LogP contribution in [0.15, 0.2) is 24.3 Å². The van der Waals surface area contributed by atoms with Gasteiger partial charge in [-0.2, -0.15) is 0 Å². The van der Waals surface area contributed by atoms with Crippen molar-refractivity contribution in [2.45, 2.75) is 232 Å². The molecule has 0 heterocycles. The molecule has 59 heavy (non-hydrogen) atoms. The minimum atomic E-state index is -4.38. The number of hydrogen-bond donors (Lipinski definition) is 1. The monoisotopic (exact) mass is 857 g/mol. The first-order valence-electron chi connectivity index (χ1n) is 24.6. The maximum atomic E-state index is 12.7. The second-order valence-corrected chi connectivity index (χ2v) is 19.3. The number of unbranched alkanes of at least 4 members (excludes halogenated alkanes) is 27. The van der Waals surface area contributed by atoms with E-state index < -0.39 is 26.5 Å². The molecule has 0 aromatic heterocycles. The van der Waals surface area contributed by atoms with Crippen LogP contribution in [0.3, 0.4) is 0 Å². The van der Waals surface area contributed by atoms with Gasteiger partial charge in [-0.15, -0.1) is 0 Å². The van der Waals surface area contributed by atoms with Crippen molar-refractivity contribution in [3.63, 3.8) is 0 Å². The van der Waals surface area contributed by atoms with E-state index in [1.807, 2.05) is 21.1 Å². The van der Waals surface area contributed by atoms with E-state index in [1.54, 1.807) is 0 Å². The molecule has 9 nitrogen and oxygen atoms in total. The Labute approximate surface area is 364 Å². The molecule has 0 bridgehead atoms. The second kappa shape index (κ2) is 41.8. The highest BCUT2D eigenvalue weighted by Crippen LogP contribution is 2.43. The van der Waals surface area contributed by atoms with Gasteiger partial charge in [-0.25, -0.2) is 4.57 Å². The maximum Gasteiger partial charge on any atom is 0.472 e. The van der Waals surface area contributed by atoms with Crippen molar-refractivity contribution >= 4 is 19.8 Å². The number of allylic oxidation sites excluding steroid dienone is 4. The summed E-state index contributed by atoms with van der Waals surface area (Å²) in [7, 11) is 1.47. The third-order valence-corrected chi connectivity index (χ3v) is 11.7. The lowest BCUT2D eigenvalue weighted by Crippen LogP contribution is -2.37. The Morgan fingerprint density at radius 2 is 0.932 bits per heavy atom. The first-order valence-corrected chi connectivity index (χ1v) is 26.1. The Hall–Kier alpha value is -1.51. The van der Waals surface area contributed by atoms with E-state index >= 15 is 0 Å². The van der Waals surface area contributed by atoms with Crippen LogP contribution in [0.5, 0.6) is 0 Å². The fourth-order valence-electron chi connectivity index (χ4n) is 6.86. The first-order chi connectivity index (χ1) is 28.5. The zero-order valence-electron chi connectivity index (χ0n) is 39.2. The lowest BCUT2D eigenvalue weighted by molar-refractivity contribution is -0.870. The first kappa shape index (κ1) is 57.5. The number of carbonyl (C=O) groups excluding carboxylic acids is 2. The number of hydrogen-bond acceptors (Lipinski definition) is 7. The molecule has 0 saturated carbocycles. The van der Waals surface area contributed by atoms with Crippen molar-refractivity contribution < 1.29 is 42.1 Å². The summed E-state index contributed by atoms with van der Waals surface area (Å²) in [4.78, 5) is 35.4. The number of rotatable bonds is 45. The van der Waals surface area contributed by atoms with Gasteiger partial charge in [-0.1, -0.05) is 199 Å². The van der Waals surface area contributed by atoms with Crippen LogP contribution < -0.4 is 0 Å². The van der Waals surface area contributed by atoms with E-state index in [4.69, 9.17) is 18.5 Å². The van der Waals surface area contributed by atoms with E-state index in [2.05, 4.69) is 38.2 Å². The highest BCUT2D eigenvalue weighted by Gasteiger charge is 2.27. The van der Waals surface area contributed by atoms with Gasteiger partial charge in [0.05, 0.1) is 27.7 Å². The topological polar surface area (TPSA) is 108 Å². The summed E-state index contributed by atoms with van der Waals surface area (Å²) in [5, 5.41) is 0. The van der Waals surface area contributed by atoms with Crippen LogP contribution in [0.1, 0.15) is 226 Å². The number of carbonyl (C=O) groups is 2. The van der Waals surface area contributed by atoms with E-state index in [0.717, 1.165) is 64.2 Å². The lowest BCUT2D eigenvalue weighted by Gasteiger charge is -2.24. The van der Waals surface area contributed by atoms with Gasteiger partial charge in [0.1, 0.15) is 19.8 Å². The number of esters is 2. The third kappa shape index (κ3) is 45.8. The highest BCUT2D eigenvalue weighted by molar-refractivity contribution is 7.47. The molecule has 0 rings (SSSR count). The van der Waals surface area contributed by atoms with Gasteiger partial charge < -0.3 is 18.9 Å². The molecular weight excluding hydrogens is 762 g/mol. The maximum absolute atomic E-state index is 12.7. The van der Waals surface area contributed by atoms with Gasteiger partial charge in [-0.3, -0.25) is 18.6 Å². The number of likely N-dealkylation sites (N-methyl/N-ethyl adjacent to an activating group) is 1. The molecule has 348 valence electrons. The molecule has 1 N–H and O–H groups in total. The van der Waals surface area contributed by atoms with Crippen LogP contribution in [-0.2, 0) is 32.7 Å². The number of ether oxygens (including phenoxy) is 2. The predicted molar refractivity (Wildman–Crippen MR) is 247 cm³/mol. The van der Waals surface area contributed by atoms with Crippen molar-refractivity contribution in [2.75, 3.05) is 47.5 Å². The van der Waals surface area contributed by atoms with E-state index in [1.165, 1.54) is 128 Å². The molecule has 0 saturated heterocycles. The summed E-state index contributed by atoms with van der Waals surface area (Å²) in [6.45, 7) is 4.40. The summed E-state index contributed by atoms with van der Waals surface area (Å²) in [6.07, 6.45) is 46.6. The van der Waals surface area contributed by atoms with Crippen molar-refractivity contribution in [1.82, 2.24) is 0 Å². The van der Waals surface area contributed by atoms with Gasteiger partial charge in [0, 0.05) is 12.8 Å². The third-order valence-electron chi connectivity index (χ3n) is 10.7. The van der Waals surface area contributed by atoms with Crippen molar-refractivity contribution in [2.24, 2.45) is 0 Å². The number of quaternary nitrogens is 1. The predicted octanol–water partition coefficient (Wildman–Crippen LogP) is 14.3. The molecule has 10 heteroatoms. The molecule has 0 aliphatic carbocycles. The molecule has 0 spiro atoms. The van der Waals surface area contributed by atoms with Gasteiger partial charge in [0.15, 0.2) is 6.10 Å². The minimum absolute atomic E-state index is 0.0307. The smallest absolute Gasteiger partial charge is 0.462 e. The standard InChI is InChI=1S/C49H94NO8P/c1-6-8-10-12-14-16-18-20-22-23-24-25-26-27-28-30-31-33-35-37-39-41-48(51)55-45-47(46-57-59(53,54)56-44-43-50(3,4)5)58-49(52)42-40-38-36-34-32-29-21-19-17-15-13-11-9-7-2/h13,15,19,21,47H,6-12,14,16-18,20,22-46H2,1-5H3/p+1/b15-13+,21-19+/t47-/m0/s1. The molecule has 0 fully saturated rings. The molecular formula is C49H95NO8P+. The van der Waals surface area contributed by atoms with E-state index in [0.29, 0.717) is 23.9 Å². The summed E-state index contributed by atoms with van der Waals surface area (Å²) in [5.74, 6) is -0.804. The van der Waals surface area contributed by atoms with Gasteiger partial charge in [0.2, 0.25) is 0 Å². The summed E-state index contributed by atoms with van der Waals surface area (Å²) < 4.78 is 34.4. The van der Waals surface area contributed by atoms with Gasteiger partial charge in [0.25, 0.3) is 0 Å². The lowest BCUT2D eigenvalue weighted by atomic mass is 10.0. The Kier molecular flexibility index (Phi) is 40.8. The number of phosphoric acid groups is 1. The highest BCUT2D eigenvalue weighted by atomic mass is 31.2. The fraction of sp³-hybridized carbons (Fsp3) is 0.878. The Balaban J connectivity index is 4.22. The Morgan fingerprint density at radius 1 is 0.525 bits per heavy atom. The number of phosphoric ester groups is 1. The Morgan fingerprint density at radius 3 is 1.39 bits per heavy atom. The van der Waals surface area contributed by atoms with E-state index in [9.17, 15) is 19.0 Å². The van der Waals surface area contributed by atoms with Crippen LogP contribution >= 0.6 is 7.82 Å². The zero-order valence-corrected chi connectivity index (χ0v) is 40.1. The largest absolute Gasteiger partial charge is 0.472 e. The van der Waals surface area contributed by atoms with Crippen LogP contribution in [0.2, 0.25) is 0 Å². The molecule has 0 amide bonds. The SMILES string of the molecule is CCCC/C=C/C/C=C/CCCCCCCC(=O)O[C@@H](COC(=O)CCCCCCCCCCCCCCCCCCCCCCC)COP(=O)(O)OCC[N+](C)(C)C. The molecule has 0 aromatic carbocycles. The molecule has 2 atom stereocenters. The average Bonchev–Trinajstić information content (AvgIpc) is 3.19. The summed E-state index contributed by atoms with van der Waals surface area (Å²) in [5.41, 5.74) is 0. The normalized spacial score (nSPS) is 13.7. The summed E-state index contributed by atoms with van der Waals surface area (Å²) >= 11 is 0. The van der Waals surface area contributed by atoms with Gasteiger partial charge >= 0.3 is 19.8 Å². The molecule has 0 aromatic rings. The molecule has 1 unspecified atom stereocenters. The minimum Gasteiger partial charge on any atom is -0.462 e. The van der Waals surface area contributed by atoms with Crippen molar-refractivity contribution in [1.29, 1.82) is 0 Å². The van der Waals surface area contributed by atoms with E-state index in [-0.39, 0.29) is 25.6 Å². The average molecular weight is 857 g/mol. The van der Waals surface area contributed by atoms with Crippen molar-refractivity contribution in [3.8, 4) is 0 Å². The van der Waals surface area contributed by atoms with Crippen LogP contribution in [0.4, 0.5) is 0 Å². The summed E-state index contributed by atoms with van der Waals surface area (Å²) in [6, 6.07) is 0. The van der Waals surface area contributed by atoms with Crippen molar-refractivity contribution in [3.05, 3.63) is 24.3 Å². The molecule has 0 radical (unpaired) electrons. The van der Waals surface area contributed by atoms with Crippen LogP contribution in [0, 0.1) is 0 Å². The quantitative estimate of drug-likeness (QED) is 0.0212. The zero-order chi connectivity index (χ0) is 43.6. The molecule has 0 aliphatic heterocycles. The fourth-order valence-corrected chi connectivity index (χ4v) is 7.60. The second-order valence-electron chi connectivity index (χ2n) is 17.9.